The first kappa shape index (κ1) is 27.1. The molecule has 11 heteroatoms. The SMILES string of the molecule is COc1cc(C)c(S(=O)(=O)Cc2noc(CC(=O)N3CCC4(CC3)CCN(c3ccncc3)CC4)n2)c(C)c1. The second-order valence-corrected chi connectivity index (χ2v) is 12.6. The first-order chi connectivity index (χ1) is 18.7. The third kappa shape index (κ3) is 5.93. The van der Waals surface area contributed by atoms with Crippen molar-refractivity contribution in [3.05, 3.63) is 59.5 Å². The number of amides is 1. The Hall–Kier alpha value is -3.47. The van der Waals surface area contributed by atoms with Gasteiger partial charge in [-0.15, -0.1) is 0 Å². The predicted molar refractivity (Wildman–Crippen MR) is 145 cm³/mol. The van der Waals surface area contributed by atoms with Gasteiger partial charge in [-0.1, -0.05) is 5.16 Å². The Morgan fingerprint density at radius 1 is 1.03 bits per heavy atom. The average molecular weight is 554 g/mol. The van der Waals surface area contributed by atoms with Crippen LogP contribution in [0, 0.1) is 19.3 Å². The van der Waals surface area contributed by atoms with Gasteiger partial charge in [-0.25, -0.2) is 8.42 Å². The molecule has 1 aromatic carbocycles. The van der Waals surface area contributed by atoms with Crippen molar-refractivity contribution >= 4 is 21.4 Å². The molecule has 2 aliphatic heterocycles. The molecular weight excluding hydrogens is 518 g/mol. The van der Waals surface area contributed by atoms with Crippen LogP contribution < -0.4 is 9.64 Å². The lowest BCUT2D eigenvalue weighted by molar-refractivity contribution is -0.133. The number of carbonyl (C=O) groups excluding carboxylic acids is 1. The van der Waals surface area contributed by atoms with E-state index in [2.05, 4.69) is 32.2 Å². The van der Waals surface area contributed by atoms with Crippen LogP contribution in [-0.2, 0) is 26.8 Å². The number of aryl methyl sites for hydroxylation is 2. The van der Waals surface area contributed by atoms with Crippen LogP contribution in [0.25, 0.3) is 0 Å². The third-order valence-electron chi connectivity index (χ3n) is 8.14. The molecule has 2 aromatic heterocycles. The van der Waals surface area contributed by atoms with E-state index in [0.717, 1.165) is 38.8 Å². The number of methoxy groups -OCH3 is 1. The van der Waals surface area contributed by atoms with E-state index in [9.17, 15) is 13.2 Å². The summed E-state index contributed by atoms with van der Waals surface area (Å²) in [5.74, 6) is 0.314. The fourth-order valence-corrected chi connectivity index (χ4v) is 7.65. The Morgan fingerprint density at radius 3 is 2.26 bits per heavy atom. The van der Waals surface area contributed by atoms with E-state index in [1.807, 2.05) is 17.3 Å². The number of rotatable bonds is 7. The molecule has 1 spiro atoms. The largest absolute Gasteiger partial charge is 0.497 e. The highest BCUT2D eigenvalue weighted by molar-refractivity contribution is 7.90. The van der Waals surface area contributed by atoms with Gasteiger partial charge in [-0.3, -0.25) is 9.78 Å². The minimum absolute atomic E-state index is 0.0313. The fraction of sp³-hybridized carbons (Fsp3) is 0.500. The molecule has 0 saturated carbocycles. The van der Waals surface area contributed by atoms with Gasteiger partial charge in [0.15, 0.2) is 15.7 Å². The molecule has 0 atom stereocenters. The summed E-state index contributed by atoms with van der Waals surface area (Å²) in [5, 5.41) is 3.85. The average Bonchev–Trinajstić information content (AvgIpc) is 3.35. The normalized spacial score (nSPS) is 17.4. The molecule has 5 rings (SSSR count). The molecule has 0 radical (unpaired) electrons. The van der Waals surface area contributed by atoms with Gasteiger partial charge in [-0.2, -0.15) is 4.98 Å². The van der Waals surface area contributed by atoms with E-state index < -0.39 is 15.6 Å². The number of pyridine rings is 1. The van der Waals surface area contributed by atoms with Crippen molar-refractivity contribution in [2.45, 2.75) is 56.6 Å². The van der Waals surface area contributed by atoms with Gasteiger partial charge in [0.25, 0.3) is 0 Å². The van der Waals surface area contributed by atoms with Crippen LogP contribution in [0.5, 0.6) is 5.75 Å². The first-order valence-electron chi connectivity index (χ1n) is 13.3. The monoisotopic (exact) mass is 553 g/mol. The lowest BCUT2D eigenvalue weighted by atomic mass is 9.71. The zero-order chi connectivity index (χ0) is 27.6. The second-order valence-electron chi connectivity index (χ2n) is 10.7. The van der Waals surface area contributed by atoms with E-state index in [4.69, 9.17) is 9.26 Å². The second kappa shape index (κ2) is 11.0. The van der Waals surface area contributed by atoms with Gasteiger partial charge >= 0.3 is 0 Å². The van der Waals surface area contributed by atoms with Crippen molar-refractivity contribution in [3.8, 4) is 5.75 Å². The number of benzene rings is 1. The number of anilines is 1. The summed E-state index contributed by atoms with van der Waals surface area (Å²) in [7, 11) is -2.17. The van der Waals surface area contributed by atoms with Crippen LogP contribution in [0.2, 0.25) is 0 Å². The summed E-state index contributed by atoms with van der Waals surface area (Å²) in [6.45, 7) is 6.91. The van der Waals surface area contributed by atoms with E-state index in [-0.39, 0.29) is 34.4 Å². The Kier molecular flexibility index (Phi) is 7.61. The number of sulfone groups is 1. The molecule has 39 heavy (non-hydrogen) atoms. The molecule has 3 aromatic rings. The molecule has 0 N–H and O–H groups in total. The maximum absolute atomic E-state index is 13.1. The summed E-state index contributed by atoms with van der Waals surface area (Å²) in [4.78, 5) is 25.8. The highest BCUT2D eigenvalue weighted by Crippen LogP contribution is 2.42. The van der Waals surface area contributed by atoms with Crippen molar-refractivity contribution in [1.82, 2.24) is 20.0 Å². The zero-order valence-corrected chi connectivity index (χ0v) is 23.5. The topological polar surface area (TPSA) is 119 Å². The Morgan fingerprint density at radius 2 is 1.64 bits per heavy atom. The molecule has 0 aliphatic carbocycles. The Bertz CT molecular complexity index is 1400. The molecule has 2 saturated heterocycles. The number of likely N-dealkylation sites (tertiary alicyclic amines) is 1. The maximum atomic E-state index is 13.1. The lowest BCUT2D eigenvalue weighted by Gasteiger charge is -2.47. The number of ether oxygens (including phenoxy) is 1. The van der Waals surface area contributed by atoms with Gasteiger partial charge in [0, 0.05) is 44.3 Å². The van der Waals surface area contributed by atoms with Gasteiger partial charge in [0.05, 0.1) is 12.0 Å². The third-order valence-corrected chi connectivity index (χ3v) is 10.0. The van der Waals surface area contributed by atoms with Gasteiger partial charge in [-0.05, 0) is 80.3 Å². The van der Waals surface area contributed by atoms with Crippen molar-refractivity contribution in [1.29, 1.82) is 0 Å². The number of nitrogens with zero attached hydrogens (tertiary/aromatic N) is 5. The number of hydrogen-bond donors (Lipinski definition) is 0. The summed E-state index contributed by atoms with van der Waals surface area (Å²) in [6, 6.07) is 7.48. The molecule has 4 heterocycles. The maximum Gasteiger partial charge on any atom is 0.236 e. The minimum atomic E-state index is -3.72. The summed E-state index contributed by atoms with van der Waals surface area (Å²) < 4.78 is 36.8. The molecule has 2 aliphatic rings. The first-order valence-corrected chi connectivity index (χ1v) is 15.0. The Balaban J connectivity index is 1.14. The highest BCUT2D eigenvalue weighted by Gasteiger charge is 2.38. The van der Waals surface area contributed by atoms with Crippen LogP contribution >= 0.6 is 0 Å². The number of carbonyl (C=O) groups is 1. The molecule has 10 nitrogen and oxygen atoms in total. The summed E-state index contributed by atoms with van der Waals surface area (Å²) in [6.07, 6.45) is 7.83. The zero-order valence-electron chi connectivity index (χ0n) is 22.7. The number of aromatic nitrogens is 3. The molecule has 2 fully saturated rings. The smallest absolute Gasteiger partial charge is 0.236 e. The number of hydrogen-bond acceptors (Lipinski definition) is 9. The molecule has 0 bridgehead atoms. The summed E-state index contributed by atoms with van der Waals surface area (Å²) >= 11 is 0. The van der Waals surface area contributed by atoms with E-state index in [1.165, 1.54) is 5.69 Å². The van der Waals surface area contributed by atoms with E-state index in [1.54, 1.807) is 33.1 Å². The van der Waals surface area contributed by atoms with Gasteiger partial charge in [0.1, 0.15) is 17.9 Å². The highest BCUT2D eigenvalue weighted by atomic mass is 32.2. The quantitative estimate of drug-likeness (QED) is 0.433. The Labute approximate surface area is 229 Å². The minimum Gasteiger partial charge on any atom is -0.497 e. The molecular formula is C28H35N5O5S. The molecule has 0 unspecified atom stereocenters. The van der Waals surface area contributed by atoms with Crippen LogP contribution in [0.3, 0.4) is 0 Å². The van der Waals surface area contributed by atoms with Crippen molar-refractivity contribution < 1.29 is 22.5 Å². The fourth-order valence-electron chi connectivity index (χ4n) is 5.95. The van der Waals surface area contributed by atoms with Crippen LogP contribution in [0.1, 0.15) is 48.5 Å². The van der Waals surface area contributed by atoms with Crippen molar-refractivity contribution in [2.24, 2.45) is 5.41 Å². The number of piperidine rings is 2. The van der Waals surface area contributed by atoms with Crippen LogP contribution in [0.4, 0.5) is 5.69 Å². The van der Waals surface area contributed by atoms with Crippen molar-refractivity contribution in [2.75, 3.05) is 38.2 Å². The van der Waals surface area contributed by atoms with E-state index >= 15 is 0 Å². The lowest BCUT2D eigenvalue weighted by Crippen LogP contribution is -2.48. The van der Waals surface area contributed by atoms with Gasteiger partial charge < -0.3 is 19.1 Å². The van der Waals surface area contributed by atoms with Crippen LogP contribution in [-0.4, -0.2) is 67.6 Å². The predicted octanol–water partition coefficient (Wildman–Crippen LogP) is 3.52. The molecule has 1 amide bonds. The summed E-state index contributed by atoms with van der Waals surface area (Å²) in [5.41, 5.74) is 2.69. The van der Waals surface area contributed by atoms with Crippen LogP contribution in [0.15, 0.2) is 46.1 Å². The van der Waals surface area contributed by atoms with Crippen molar-refractivity contribution in [3.63, 3.8) is 0 Å². The van der Waals surface area contributed by atoms with E-state index in [0.29, 0.717) is 30.0 Å². The molecule has 208 valence electrons. The standard InChI is InChI=1S/C28H35N5O5S/c1-20-16-23(37-3)17-21(2)27(20)39(35,36)19-24-30-25(38-31-24)18-26(34)33-14-8-28(9-15-33)6-12-32(13-7-28)22-4-10-29-11-5-22/h4-5,10-11,16-17H,6-9,12-15,18-19H2,1-3H3. The van der Waals surface area contributed by atoms with Gasteiger partial charge in [0.2, 0.25) is 11.8 Å².